The van der Waals surface area contributed by atoms with Crippen molar-refractivity contribution < 1.29 is 14.3 Å². The molecule has 0 unspecified atom stereocenters. The number of nitriles is 1. The van der Waals surface area contributed by atoms with Gasteiger partial charge in [-0.25, -0.2) is 0 Å². The van der Waals surface area contributed by atoms with Crippen LogP contribution in [0.15, 0.2) is 11.6 Å². The minimum atomic E-state index is -0.814. The monoisotopic (exact) mass is 369 g/mol. The van der Waals surface area contributed by atoms with Crippen LogP contribution in [0.1, 0.15) is 72.6 Å². The second kappa shape index (κ2) is 5.24. The molecule has 27 heavy (non-hydrogen) atoms. The predicted molar refractivity (Wildman–Crippen MR) is 100 cm³/mol. The molecule has 1 aliphatic heterocycles. The van der Waals surface area contributed by atoms with Crippen molar-refractivity contribution in [1.29, 1.82) is 5.26 Å². The number of fused-ring (bicyclic) bond motifs is 7. The van der Waals surface area contributed by atoms with Gasteiger partial charge in [0.2, 0.25) is 0 Å². The van der Waals surface area contributed by atoms with Crippen LogP contribution in [0.2, 0.25) is 0 Å². The van der Waals surface area contributed by atoms with Gasteiger partial charge in [-0.05, 0) is 81.6 Å². The van der Waals surface area contributed by atoms with E-state index < -0.39 is 11.4 Å². The molecule has 4 aliphatic carbocycles. The van der Waals surface area contributed by atoms with Crippen LogP contribution in [0, 0.1) is 39.9 Å². The van der Waals surface area contributed by atoms with Gasteiger partial charge < -0.3 is 9.47 Å². The molecular weight excluding hydrogens is 338 g/mol. The zero-order valence-electron chi connectivity index (χ0n) is 17.0. The molecule has 5 rings (SSSR count). The number of carbonyl (C=O) groups is 1. The van der Waals surface area contributed by atoms with E-state index in [-0.39, 0.29) is 16.9 Å². The van der Waals surface area contributed by atoms with Crippen molar-refractivity contribution in [1.82, 2.24) is 0 Å². The van der Waals surface area contributed by atoms with Crippen LogP contribution in [0.25, 0.3) is 0 Å². The molecule has 0 N–H and O–H groups in total. The number of ketones is 1. The van der Waals surface area contributed by atoms with Crippen LogP contribution in [-0.4, -0.2) is 23.3 Å². The summed E-state index contributed by atoms with van der Waals surface area (Å²) >= 11 is 0. The number of nitrogens with zero attached hydrogens (tertiary/aromatic N) is 1. The van der Waals surface area contributed by atoms with Crippen LogP contribution in [0.3, 0.4) is 0 Å². The fourth-order valence-corrected chi connectivity index (χ4v) is 7.83. The largest absolute Gasteiger partial charge is 0.343 e. The first-order valence-corrected chi connectivity index (χ1v) is 10.7. The smallest absolute Gasteiger partial charge is 0.189 e. The average Bonchev–Trinajstić information content (AvgIpc) is 3.01. The third-order valence-electron chi connectivity index (χ3n) is 9.12. The fourth-order valence-electron chi connectivity index (χ4n) is 7.83. The zero-order valence-corrected chi connectivity index (χ0v) is 17.0. The highest BCUT2D eigenvalue weighted by Gasteiger charge is 2.73. The van der Waals surface area contributed by atoms with Gasteiger partial charge >= 0.3 is 0 Å². The molecule has 0 aromatic carbocycles. The van der Waals surface area contributed by atoms with Gasteiger partial charge in [-0.3, -0.25) is 4.79 Å². The first-order chi connectivity index (χ1) is 12.7. The van der Waals surface area contributed by atoms with Crippen LogP contribution in [-0.2, 0) is 14.3 Å². The summed E-state index contributed by atoms with van der Waals surface area (Å²) in [5.41, 5.74) is 0.594. The van der Waals surface area contributed by atoms with E-state index in [9.17, 15) is 10.1 Å². The Labute approximate surface area is 162 Å². The molecule has 7 atom stereocenters. The van der Waals surface area contributed by atoms with Crippen molar-refractivity contribution in [3.63, 3.8) is 0 Å². The standard InChI is InChI=1S/C23H31NO3/c1-20(2)26-19-12-18-16-6-5-14-11-15(25)7-9-21(14,3)17(16)8-10-22(18,4)23(19,13-24)27-20/h11,16-19H,5-10,12H2,1-4H3/t16-,17-,18-,19+,21-,22-,23+/m0/s1. The molecule has 0 aromatic rings. The van der Waals surface area contributed by atoms with Gasteiger partial charge in [-0.2, -0.15) is 5.26 Å². The van der Waals surface area contributed by atoms with E-state index in [1.807, 2.05) is 19.9 Å². The third-order valence-corrected chi connectivity index (χ3v) is 9.12. The number of ether oxygens (including phenoxy) is 2. The van der Waals surface area contributed by atoms with Crippen LogP contribution >= 0.6 is 0 Å². The quantitative estimate of drug-likeness (QED) is 0.629. The molecule has 1 heterocycles. The summed E-state index contributed by atoms with van der Waals surface area (Å²) in [6.45, 7) is 8.56. The minimum Gasteiger partial charge on any atom is -0.343 e. The van der Waals surface area contributed by atoms with Crippen LogP contribution < -0.4 is 0 Å². The molecule has 5 aliphatic rings. The van der Waals surface area contributed by atoms with E-state index >= 15 is 0 Å². The van der Waals surface area contributed by atoms with Crippen molar-refractivity contribution in [3.05, 3.63) is 11.6 Å². The Morgan fingerprint density at radius 3 is 2.63 bits per heavy atom. The van der Waals surface area contributed by atoms with E-state index in [1.165, 1.54) is 5.57 Å². The number of carbonyl (C=O) groups excluding carboxylic acids is 1. The van der Waals surface area contributed by atoms with Gasteiger partial charge in [0.1, 0.15) is 12.2 Å². The van der Waals surface area contributed by atoms with Gasteiger partial charge in [0.15, 0.2) is 17.2 Å². The maximum absolute atomic E-state index is 12.0. The van der Waals surface area contributed by atoms with E-state index in [2.05, 4.69) is 19.9 Å². The van der Waals surface area contributed by atoms with Gasteiger partial charge in [0, 0.05) is 11.8 Å². The van der Waals surface area contributed by atoms with Crippen molar-refractivity contribution in [3.8, 4) is 6.07 Å². The number of hydrogen-bond donors (Lipinski definition) is 0. The lowest BCUT2D eigenvalue weighted by Crippen LogP contribution is -2.56. The highest BCUT2D eigenvalue weighted by atomic mass is 16.8. The summed E-state index contributed by atoms with van der Waals surface area (Å²) in [6.07, 6.45) is 8.77. The number of rotatable bonds is 0. The van der Waals surface area contributed by atoms with Gasteiger partial charge in [0.05, 0.1) is 0 Å². The Hall–Kier alpha value is -1.18. The first-order valence-electron chi connectivity index (χ1n) is 10.7. The second-order valence-electron chi connectivity index (χ2n) is 10.6. The third kappa shape index (κ3) is 2.08. The summed E-state index contributed by atoms with van der Waals surface area (Å²) < 4.78 is 12.6. The zero-order chi connectivity index (χ0) is 19.2. The van der Waals surface area contributed by atoms with Crippen LogP contribution in [0.4, 0.5) is 0 Å². The van der Waals surface area contributed by atoms with Crippen LogP contribution in [0.5, 0.6) is 0 Å². The SMILES string of the molecule is CC1(C)O[C@@H]2C[C@H]3[C@H]4CCC5=CC(=O)CC[C@]5(C)[C@H]4CC[C@]3(C)[C@]2(C#N)O1. The lowest BCUT2D eigenvalue weighted by Gasteiger charge is -2.58. The maximum atomic E-state index is 12.0. The molecule has 3 saturated carbocycles. The van der Waals surface area contributed by atoms with Crippen molar-refractivity contribution in [2.45, 2.75) is 90.1 Å². The highest BCUT2D eigenvalue weighted by molar-refractivity contribution is 5.91. The molecule has 1 saturated heterocycles. The van der Waals surface area contributed by atoms with Crippen molar-refractivity contribution >= 4 is 5.78 Å². The van der Waals surface area contributed by atoms with Crippen molar-refractivity contribution in [2.24, 2.45) is 28.6 Å². The summed E-state index contributed by atoms with van der Waals surface area (Å²) in [5, 5.41) is 10.2. The summed E-state index contributed by atoms with van der Waals surface area (Å²) in [5.74, 6) is 1.32. The molecule has 0 spiro atoms. The first kappa shape index (κ1) is 17.9. The maximum Gasteiger partial charge on any atom is 0.189 e. The highest BCUT2D eigenvalue weighted by Crippen LogP contribution is 2.70. The number of hydrogen-bond acceptors (Lipinski definition) is 4. The van der Waals surface area contributed by atoms with Crippen molar-refractivity contribution in [2.75, 3.05) is 0 Å². The molecule has 4 heteroatoms. The average molecular weight is 370 g/mol. The number of allylic oxidation sites excluding steroid dienone is 1. The fraction of sp³-hybridized carbons (Fsp3) is 0.826. The summed E-state index contributed by atoms with van der Waals surface area (Å²) in [6, 6.07) is 2.60. The molecular formula is C23H31NO3. The van der Waals surface area contributed by atoms with Gasteiger partial charge in [-0.1, -0.05) is 19.4 Å². The minimum absolute atomic E-state index is 0.121. The topological polar surface area (TPSA) is 59.3 Å². The molecule has 0 bridgehead atoms. The van der Waals surface area contributed by atoms with E-state index in [0.29, 0.717) is 30.0 Å². The van der Waals surface area contributed by atoms with E-state index in [1.54, 1.807) is 0 Å². The Morgan fingerprint density at radius 2 is 1.89 bits per heavy atom. The van der Waals surface area contributed by atoms with Gasteiger partial charge in [0.25, 0.3) is 0 Å². The molecule has 4 nitrogen and oxygen atoms in total. The lowest BCUT2D eigenvalue weighted by atomic mass is 9.46. The van der Waals surface area contributed by atoms with Gasteiger partial charge in [-0.15, -0.1) is 0 Å². The Kier molecular flexibility index (Phi) is 3.47. The Bertz CT molecular complexity index is 779. The second-order valence-corrected chi connectivity index (χ2v) is 10.6. The Balaban J connectivity index is 1.52. The molecule has 146 valence electrons. The summed E-state index contributed by atoms with van der Waals surface area (Å²) in [4.78, 5) is 12.0. The molecule has 4 fully saturated rings. The predicted octanol–water partition coefficient (Wildman–Crippen LogP) is 4.54. The van der Waals surface area contributed by atoms with E-state index in [4.69, 9.17) is 9.47 Å². The lowest BCUT2D eigenvalue weighted by molar-refractivity contribution is -0.200. The van der Waals surface area contributed by atoms with E-state index in [0.717, 1.165) is 38.5 Å². The molecule has 0 radical (unpaired) electrons. The summed E-state index contributed by atoms with van der Waals surface area (Å²) in [7, 11) is 0. The molecule has 0 aromatic heterocycles. The normalized spacial score (nSPS) is 52.9. The molecule has 0 amide bonds. The Morgan fingerprint density at radius 1 is 1.11 bits per heavy atom.